The standard InChI is InChI=1S/C11H16N2S/c1-9(11(12)5-8-14-2)10-3-6-13-7-4-10/h3-4,6-7,11H,1,5,8,12H2,2H3/t11-/m0/s1. The average Bonchev–Trinajstić information content (AvgIpc) is 2.26. The second-order valence-electron chi connectivity index (χ2n) is 3.15. The van der Waals surface area contributed by atoms with Gasteiger partial charge in [-0.1, -0.05) is 6.58 Å². The van der Waals surface area contributed by atoms with Gasteiger partial charge in [0.25, 0.3) is 0 Å². The Balaban J connectivity index is 2.57. The number of nitrogens with zero attached hydrogens (tertiary/aromatic N) is 1. The minimum atomic E-state index is 0.0600. The van der Waals surface area contributed by atoms with Gasteiger partial charge in [-0.2, -0.15) is 11.8 Å². The Morgan fingerprint density at radius 2 is 2.21 bits per heavy atom. The molecule has 0 aliphatic rings. The largest absolute Gasteiger partial charge is 0.324 e. The van der Waals surface area contributed by atoms with Crippen molar-refractivity contribution in [1.82, 2.24) is 4.98 Å². The molecule has 0 spiro atoms. The van der Waals surface area contributed by atoms with E-state index in [1.807, 2.05) is 23.9 Å². The van der Waals surface area contributed by atoms with Gasteiger partial charge in [0.15, 0.2) is 0 Å². The summed E-state index contributed by atoms with van der Waals surface area (Å²) in [5.41, 5.74) is 8.09. The first-order valence-corrected chi connectivity index (χ1v) is 5.98. The smallest absolute Gasteiger partial charge is 0.0302 e. The second kappa shape index (κ2) is 5.83. The number of aromatic nitrogens is 1. The first-order valence-electron chi connectivity index (χ1n) is 4.59. The SMILES string of the molecule is C=C(c1ccncc1)[C@@H](N)CCSC. The Labute approximate surface area is 89.6 Å². The van der Waals surface area contributed by atoms with Crippen molar-refractivity contribution in [3.63, 3.8) is 0 Å². The van der Waals surface area contributed by atoms with Gasteiger partial charge in [-0.05, 0) is 41.7 Å². The van der Waals surface area contributed by atoms with Gasteiger partial charge in [0.05, 0.1) is 0 Å². The molecule has 1 heterocycles. The highest BCUT2D eigenvalue weighted by Gasteiger charge is 2.08. The van der Waals surface area contributed by atoms with Gasteiger partial charge in [-0.3, -0.25) is 4.98 Å². The van der Waals surface area contributed by atoms with Gasteiger partial charge in [-0.25, -0.2) is 0 Å². The molecule has 1 rings (SSSR count). The fourth-order valence-corrected chi connectivity index (χ4v) is 1.69. The number of hydrogen-bond acceptors (Lipinski definition) is 3. The highest BCUT2D eigenvalue weighted by molar-refractivity contribution is 7.98. The first-order chi connectivity index (χ1) is 6.75. The third kappa shape index (κ3) is 3.16. The molecule has 3 heteroatoms. The Hall–Kier alpha value is -0.800. The van der Waals surface area contributed by atoms with E-state index in [1.165, 1.54) is 0 Å². The fourth-order valence-electron chi connectivity index (χ4n) is 1.20. The normalized spacial score (nSPS) is 12.4. The molecule has 0 aromatic carbocycles. The molecule has 1 aromatic rings. The van der Waals surface area contributed by atoms with Crippen LogP contribution in [0.25, 0.3) is 5.57 Å². The van der Waals surface area contributed by atoms with Crippen LogP contribution in [0.1, 0.15) is 12.0 Å². The maximum Gasteiger partial charge on any atom is 0.0302 e. The minimum absolute atomic E-state index is 0.0600. The van der Waals surface area contributed by atoms with Crippen molar-refractivity contribution < 1.29 is 0 Å². The highest BCUT2D eigenvalue weighted by Crippen LogP contribution is 2.16. The molecule has 2 N–H and O–H groups in total. The predicted molar refractivity (Wildman–Crippen MR) is 64.2 cm³/mol. The Kier molecular flexibility index (Phi) is 4.70. The second-order valence-corrected chi connectivity index (χ2v) is 4.13. The summed E-state index contributed by atoms with van der Waals surface area (Å²) in [6.07, 6.45) is 6.59. The van der Waals surface area contributed by atoms with Crippen molar-refractivity contribution in [1.29, 1.82) is 0 Å². The minimum Gasteiger partial charge on any atom is -0.324 e. The summed E-state index contributed by atoms with van der Waals surface area (Å²) in [5.74, 6) is 1.07. The Bertz CT molecular complexity index is 285. The number of pyridine rings is 1. The van der Waals surface area contributed by atoms with E-state index in [2.05, 4.69) is 17.8 Å². The molecule has 0 amide bonds. The topological polar surface area (TPSA) is 38.9 Å². The monoisotopic (exact) mass is 208 g/mol. The molecular weight excluding hydrogens is 192 g/mol. The molecule has 76 valence electrons. The lowest BCUT2D eigenvalue weighted by atomic mass is 10.0. The van der Waals surface area contributed by atoms with Crippen molar-refractivity contribution in [2.45, 2.75) is 12.5 Å². The molecule has 1 atom stereocenters. The summed E-state index contributed by atoms with van der Waals surface area (Å²) < 4.78 is 0. The van der Waals surface area contributed by atoms with E-state index in [9.17, 15) is 0 Å². The number of thioether (sulfide) groups is 1. The van der Waals surface area contributed by atoms with Gasteiger partial charge in [0.2, 0.25) is 0 Å². The fraction of sp³-hybridized carbons (Fsp3) is 0.364. The van der Waals surface area contributed by atoms with E-state index in [0.717, 1.165) is 23.3 Å². The van der Waals surface area contributed by atoms with E-state index < -0.39 is 0 Å². The van der Waals surface area contributed by atoms with Crippen molar-refractivity contribution >= 4 is 17.3 Å². The molecule has 0 fully saturated rings. The van der Waals surface area contributed by atoms with Crippen molar-refractivity contribution in [3.8, 4) is 0 Å². The molecular formula is C11H16N2S. The molecule has 0 bridgehead atoms. The van der Waals surface area contributed by atoms with Crippen LogP contribution in [0.15, 0.2) is 31.1 Å². The number of nitrogens with two attached hydrogens (primary N) is 1. The summed E-state index contributed by atoms with van der Waals surface area (Å²) in [5, 5.41) is 0. The van der Waals surface area contributed by atoms with E-state index >= 15 is 0 Å². The summed E-state index contributed by atoms with van der Waals surface area (Å²) in [6.45, 7) is 4.02. The van der Waals surface area contributed by atoms with Crippen LogP contribution in [-0.4, -0.2) is 23.0 Å². The third-order valence-electron chi connectivity index (χ3n) is 2.13. The molecule has 0 unspecified atom stereocenters. The van der Waals surface area contributed by atoms with Gasteiger partial charge >= 0.3 is 0 Å². The molecule has 0 saturated heterocycles. The van der Waals surface area contributed by atoms with Crippen molar-refractivity contribution in [2.24, 2.45) is 5.73 Å². The van der Waals surface area contributed by atoms with E-state index in [0.29, 0.717) is 0 Å². The quantitative estimate of drug-likeness (QED) is 0.806. The third-order valence-corrected chi connectivity index (χ3v) is 2.78. The number of hydrogen-bond donors (Lipinski definition) is 1. The van der Waals surface area contributed by atoms with Gasteiger partial charge < -0.3 is 5.73 Å². The van der Waals surface area contributed by atoms with Crippen molar-refractivity contribution in [2.75, 3.05) is 12.0 Å². The van der Waals surface area contributed by atoms with Crippen LogP contribution < -0.4 is 5.73 Å². The lowest BCUT2D eigenvalue weighted by Crippen LogP contribution is -2.21. The van der Waals surface area contributed by atoms with E-state index in [1.54, 1.807) is 12.4 Å². The summed E-state index contributed by atoms with van der Waals surface area (Å²) in [4.78, 5) is 3.96. The molecule has 14 heavy (non-hydrogen) atoms. The number of rotatable bonds is 5. The lowest BCUT2D eigenvalue weighted by molar-refractivity contribution is 0.809. The molecule has 0 aliphatic heterocycles. The summed E-state index contributed by atoms with van der Waals surface area (Å²) in [6, 6.07) is 3.95. The Morgan fingerprint density at radius 3 is 2.79 bits per heavy atom. The van der Waals surface area contributed by atoms with Crippen LogP contribution in [0.2, 0.25) is 0 Å². The predicted octanol–water partition coefficient (Wildman–Crippen LogP) is 2.18. The Morgan fingerprint density at radius 1 is 1.57 bits per heavy atom. The molecule has 2 nitrogen and oxygen atoms in total. The van der Waals surface area contributed by atoms with Gasteiger partial charge in [-0.15, -0.1) is 0 Å². The van der Waals surface area contributed by atoms with Crippen LogP contribution in [0.3, 0.4) is 0 Å². The van der Waals surface area contributed by atoms with Gasteiger partial charge in [0, 0.05) is 18.4 Å². The van der Waals surface area contributed by atoms with Crippen molar-refractivity contribution in [3.05, 3.63) is 36.7 Å². The molecule has 0 aliphatic carbocycles. The van der Waals surface area contributed by atoms with Crippen LogP contribution >= 0.6 is 11.8 Å². The zero-order chi connectivity index (χ0) is 10.4. The van der Waals surface area contributed by atoms with Crippen LogP contribution in [0.4, 0.5) is 0 Å². The zero-order valence-corrected chi connectivity index (χ0v) is 9.26. The lowest BCUT2D eigenvalue weighted by Gasteiger charge is -2.13. The van der Waals surface area contributed by atoms with Crippen LogP contribution in [0.5, 0.6) is 0 Å². The maximum absolute atomic E-state index is 6.00. The first kappa shape index (κ1) is 11.3. The molecule has 1 aromatic heterocycles. The van der Waals surface area contributed by atoms with Gasteiger partial charge in [0.1, 0.15) is 0 Å². The molecule has 0 saturated carbocycles. The molecule has 0 radical (unpaired) electrons. The van der Waals surface area contributed by atoms with Crippen LogP contribution in [-0.2, 0) is 0 Å². The van der Waals surface area contributed by atoms with E-state index in [-0.39, 0.29) is 6.04 Å². The summed E-state index contributed by atoms with van der Waals surface area (Å²) >= 11 is 1.81. The van der Waals surface area contributed by atoms with Crippen LogP contribution in [0, 0.1) is 0 Å². The van der Waals surface area contributed by atoms with E-state index in [4.69, 9.17) is 5.73 Å². The average molecular weight is 208 g/mol. The summed E-state index contributed by atoms with van der Waals surface area (Å²) in [7, 11) is 0. The maximum atomic E-state index is 6.00. The highest BCUT2D eigenvalue weighted by atomic mass is 32.2. The zero-order valence-electron chi connectivity index (χ0n) is 8.44.